The second-order valence-corrected chi connectivity index (χ2v) is 8.19. The zero-order valence-electron chi connectivity index (χ0n) is 9.24. The summed E-state index contributed by atoms with van der Waals surface area (Å²) in [5.74, 6) is 3.94. The Morgan fingerprint density at radius 1 is 1.56 bits per heavy atom. The van der Waals surface area contributed by atoms with Gasteiger partial charge in [0.2, 0.25) is 0 Å². The van der Waals surface area contributed by atoms with Crippen LogP contribution in [0.5, 0.6) is 0 Å². The first-order chi connectivity index (χ1) is 7.77. The number of halogens is 1. The van der Waals surface area contributed by atoms with E-state index in [1.54, 1.807) is 0 Å². The molecule has 16 heavy (non-hydrogen) atoms. The van der Waals surface area contributed by atoms with Crippen molar-refractivity contribution in [2.24, 2.45) is 0 Å². The van der Waals surface area contributed by atoms with Gasteiger partial charge in [-0.25, -0.2) is 0 Å². The van der Waals surface area contributed by atoms with Crippen LogP contribution in [0.3, 0.4) is 0 Å². The minimum absolute atomic E-state index is 0.460. The molecule has 2 atom stereocenters. The van der Waals surface area contributed by atoms with Crippen molar-refractivity contribution >= 4 is 50.8 Å². The zero-order chi connectivity index (χ0) is 11.4. The predicted molar refractivity (Wildman–Crippen MR) is 82.0 cm³/mol. The maximum atomic E-state index is 3.64. The van der Waals surface area contributed by atoms with Crippen molar-refractivity contribution in [1.29, 1.82) is 0 Å². The molecule has 5 heteroatoms. The lowest BCUT2D eigenvalue weighted by molar-refractivity contribution is 0.583. The number of hydrogen-bond acceptors (Lipinski definition) is 4. The lowest BCUT2D eigenvalue weighted by Gasteiger charge is -2.23. The summed E-state index contributed by atoms with van der Waals surface area (Å²) >= 11 is 9.62. The van der Waals surface area contributed by atoms with Gasteiger partial charge in [-0.2, -0.15) is 23.5 Å². The average Bonchev–Trinajstić information content (AvgIpc) is 2.74. The average molecular weight is 338 g/mol. The van der Waals surface area contributed by atoms with Crippen LogP contribution < -0.4 is 5.32 Å². The molecule has 0 bridgehead atoms. The largest absolute Gasteiger partial charge is 0.308 e. The minimum atomic E-state index is 0.460. The van der Waals surface area contributed by atoms with E-state index in [1.165, 1.54) is 26.6 Å². The minimum Gasteiger partial charge on any atom is -0.308 e. The topological polar surface area (TPSA) is 12.0 Å². The van der Waals surface area contributed by atoms with Crippen molar-refractivity contribution in [1.82, 2.24) is 5.32 Å². The summed E-state index contributed by atoms with van der Waals surface area (Å²) in [6.45, 7) is 3.38. The molecule has 1 aromatic rings. The number of thiophene rings is 1. The van der Waals surface area contributed by atoms with Gasteiger partial charge in [0.1, 0.15) is 0 Å². The van der Waals surface area contributed by atoms with Crippen LogP contribution in [0.15, 0.2) is 15.9 Å². The molecule has 0 saturated carbocycles. The second-order valence-electron chi connectivity index (χ2n) is 3.83. The van der Waals surface area contributed by atoms with Crippen LogP contribution in [0.25, 0.3) is 0 Å². The highest BCUT2D eigenvalue weighted by atomic mass is 79.9. The summed E-state index contributed by atoms with van der Waals surface area (Å²) in [5.41, 5.74) is 0. The normalized spacial score (nSPS) is 23.2. The maximum absolute atomic E-state index is 3.64. The summed E-state index contributed by atoms with van der Waals surface area (Å²) in [5, 5.41) is 6.58. The molecule has 0 spiro atoms. The summed E-state index contributed by atoms with van der Waals surface area (Å²) < 4.78 is 1.24. The van der Waals surface area contributed by atoms with Crippen LogP contribution in [0.4, 0.5) is 0 Å². The van der Waals surface area contributed by atoms with E-state index < -0.39 is 0 Å². The van der Waals surface area contributed by atoms with E-state index >= 15 is 0 Å². The van der Waals surface area contributed by atoms with Gasteiger partial charge in [0.05, 0.1) is 0 Å². The molecule has 1 aliphatic heterocycles. The first-order valence-corrected chi connectivity index (χ1v) is 9.30. The standard InChI is InChI=1S/C11H16BrNS3/c1-8(11-10(12)2-3-16-11)13-6-9-7-14-4-5-15-9/h2-3,8-9,13H,4-7H2,1H3. The molecular weight excluding hydrogens is 322 g/mol. The van der Waals surface area contributed by atoms with E-state index in [0.717, 1.165) is 11.8 Å². The van der Waals surface area contributed by atoms with E-state index in [0.29, 0.717) is 6.04 Å². The Bertz CT molecular complexity index is 323. The van der Waals surface area contributed by atoms with Crippen LogP contribution in [-0.2, 0) is 0 Å². The van der Waals surface area contributed by atoms with Gasteiger partial charge >= 0.3 is 0 Å². The molecular formula is C11H16BrNS3. The van der Waals surface area contributed by atoms with Crippen molar-refractivity contribution in [3.8, 4) is 0 Å². The van der Waals surface area contributed by atoms with E-state index in [4.69, 9.17) is 0 Å². The van der Waals surface area contributed by atoms with Crippen molar-refractivity contribution in [3.63, 3.8) is 0 Å². The Morgan fingerprint density at radius 3 is 3.06 bits per heavy atom. The number of nitrogens with one attached hydrogen (secondary N) is 1. The lowest BCUT2D eigenvalue weighted by atomic mass is 10.2. The van der Waals surface area contributed by atoms with Gasteiger partial charge in [-0.15, -0.1) is 11.3 Å². The quantitative estimate of drug-likeness (QED) is 0.891. The monoisotopic (exact) mass is 337 g/mol. The first kappa shape index (κ1) is 13.3. The third kappa shape index (κ3) is 3.67. The highest BCUT2D eigenvalue weighted by Crippen LogP contribution is 2.29. The van der Waals surface area contributed by atoms with Gasteiger partial charge in [0.15, 0.2) is 0 Å². The summed E-state index contributed by atoms with van der Waals surface area (Å²) in [7, 11) is 0. The molecule has 2 heterocycles. The molecule has 90 valence electrons. The molecule has 1 fully saturated rings. The molecule has 1 N–H and O–H groups in total. The van der Waals surface area contributed by atoms with E-state index in [1.807, 2.05) is 11.3 Å². The van der Waals surface area contributed by atoms with Crippen molar-refractivity contribution in [2.45, 2.75) is 18.2 Å². The second kappa shape index (κ2) is 6.69. The number of hydrogen-bond donors (Lipinski definition) is 1. The fraction of sp³-hybridized carbons (Fsp3) is 0.636. The number of thioether (sulfide) groups is 2. The summed E-state index contributed by atoms with van der Waals surface area (Å²) in [6.07, 6.45) is 0. The van der Waals surface area contributed by atoms with Crippen LogP contribution in [0.1, 0.15) is 17.8 Å². The molecule has 0 aliphatic carbocycles. The van der Waals surface area contributed by atoms with Gasteiger partial charge < -0.3 is 5.32 Å². The van der Waals surface area contributed by atoms with Crippen LogP contribution >= 0.6 is 50.8 Å². The van der Waals surface area contributed by atoms with Crippen molar-refractivity contribution in [3.05, 3.63) is 20.8 Å². The van der Waals surface area contributed by atoms with Gasteiger partial charge in [-0.1, -0.05) is 0 Å². The maximum Gasteiger partial charge on any atom is 0.0397 e. The van der Waals surface area contributed by atoms with Crippen LogP contribution in [0.2, 0.25) is 0 Å². The van der Waals surface area contributed by atoms with E-state index in [-0.39, 0.29) is 0 Å². The zero-order valence-corrected chi connectivity index (χ0v) is 13.3. The third-order valence-corrected chi connectivity index (χ3v) is 7.47. The Kier molecular flexibility index (Phi) is 5.55. The molecule has 2 rings (SSSR count). The molecule has 2 unspecified atom stereocenters. The Balaban J connectivity index is 1.79. The SMILES string of the molecule is CC(NCC1CSCCS1)c1sccc1Br. The third-order valence-electron chi connectivity index (χ3n) is 2.57. The molecule has 0 radical (unpaired) electrons. The summed E-state index contributed by atoms with van der Waals surface area (Å²) in [4.78, 5) is 1.41. The number of rotatable bonds is 4. The van der Waals surface area contributed by atoms with Gasteiger partial charge in [-0.05, 0) is 34.3 Å². The molecule has 0 aromatic carbocycles. The van der Waals surface area contributed by atoms with Crippen molar-refractivity contribution < 1.29 is 0 Å². The van der Waals surface area contributed by atoms with E-state index in [2.05, 4.69) is 63.1 Å². The fourth-order valence-corrected chi connectivity index (χ4v) is 6.04. The summed E-state index contributed by atoms with van der Waals surface area (Å²) in [6, 6.07) is 2.59. The molecule has 1 aliphatic rings. The highest BCUT2D eigenvalue weighted by Gasteiger charge is 2.16. The Hall–Kier alpha value is 0.840. The van der Waals surface area contributed by atoms with Gasteiger partial charge in [0.25, 0.3) is 0 Å². The van der Waals surface area contributed by atoms with Crippen LogP contribution in [-0.4, -0.2) is 29.1 Å². The predicted octanol–water partition coefficient (Wildman–Crippen LogP) is 4.01. The van der Waals surface area contributed by atoms with Crippen LogP contribution in [0, 0.1) is 0 Å². The Labute approximate surface area is 118 Å². The molecule has 1 aromatic heterocycles. The van der Waals surface area contributed by atoms with Crippen molar-refractivity contribution in [2.75, 3.05) is 23.8 Å². The van der Waals surface area contributed by atoms with Gasteiger partial charge in [0, 0.05) is 44.4 Å². The molecule has 1 saturated heterocycles. The lowest BCUT2D eigenvalue weighted by Crippen LogP contribution is -2.30. The van der Waals surface area contributed by atoms with Gasteiger partial charge in [-0.3, -0.25) is 0 Å². The highest BCUT2D eigenvalue weighted by molar-refractivity contribution is 9.10. The Morgan fingerprint density at radius 2 is 2.44 bits per heavy atom. The first-order valence-electron chi connectivity index (χ1n) is 5.43. The fourth-order valence-electron chi connectivity index (χ4n) is 1.67. The molecule has 0 amide bonds. The smallest absolute Gasteiger partial charge is 0.0397 e. The van der Waals surface area contributed by atoms with E-state index in [9.17, 15) is 0 Å². The molecule has 1 nitrogen and oxygen atoms in total.